The SMILES string of the molecule is CCc1cc(NC(CCO)CSC)nc(C)n1. The third-order valence-corrected chi connectivity index (χ3v) is 3.19. The van der Waals surface area contributed by atoms with Crippen molar-refractivity contribution in [2.24, 2.45) is 0 Å². The van der Waals surface area contributed by atoms with Crippen LogP contribution in [0.5, 0.6) is 0 Å². The Bertz CT molecular complexity index is 341. The van der Waals surface area contributed by atoms with Crippen molar-refractivity contribution in [1.29, 1.82) is 0 Å². The molecule has 1 unspecified atom stereocenters. The number of aliphatic hydroxyl groups excluding tert-OH is 1. The highest BCUT2D eigenvalue weighted by Gasteiger charge is 2.09. The fourth-order valence-corrected chi connectivity index (χ4v) is 2.30. The lowest BCUT2D eigenvalue weighted by atomic mass is 10.2. The van der Waals surface area contributed by atoms with E-state index in [9.17, 15) is 0 Å². The molecule has 0 radical (unpaired) electrons. The Hall–Kier alpha value is -0.810. The maximum atomic E-state index is 9.01. The van der Waals surface area contributed by atoms with Gasteiger partial charge >= 0.3 is 0 Å². The van der Waals surface area contributed by atoms with E-state index in [1.807, 2.05) is 13.0 Å². The number of hydrogen-bond acceptors (Lipinski definition) is 5. The van der Waals surface area contributed by atoms with Gasteiger partial charge in [-0.15, -0.1) is 0 Å². The first kappa shape index (κ1) is 14.3. The molecule has 0 amide bonds. The average molecular weight is 255 g/mol. The van der Waals surface area contributed by atoms with Gasteiger partial charge in [-0.05, 0) is 26.0 Å². The maximum Gasteiger partial charge on any atom is 0.130 e. The van der Waals surface area contributed by atoms with Gasteiger partial charge < -0.3 is 10.4 Å². The first-order chi connectivity index (χ1) is 8.19. The summed E-state index contributed by atoms with van der Waals surface area (Å²) in [6.07, 6.45) is 3.71. The molecule has 1 aromatic heterocycles. The van der Waals surface area contributed by atoms with Gasteiger partial charge in [-0.25, -0.2) is 9.97 Å². The smallest absolute Gasteiger partial charge is 0.130 e. The highest BCUT2D eigenvalue weighted by molar-refractivity contribution is 7.98. The maximum absolute atomic E-state index is 9.01. The molecular weight excluding hydrogens is 234 g/mol. The van der Waals surface area contributed by atoms with Crippen molar-refractivity contribution in [2.75, 3.05) is 23.9 Å². The van der Waals surface area contributed by atoms with Crippen molar-refractivity contribution in [3.8, 4) is 0 Å². The van der Waals surface area contributed by atoms with Crippen molar-refractivity contribution in [3.63, 3.8) is 0 Å². The third kappa shape index (κ3) is 4.91. The quantitative estimate of drug-likeness (QED) is 0.779. The molecule has 0 bridgehead atoms. The second-order valence-electron chi connectivity index (χ2n) is 3.95. The lowest BCUT2D eigenvalue weighted by Gasteiger charge is -2.17. The van der Waals surface area contributed by atoms with Gasteiger partial charge in [0, 0.05) is 30.2 Å². The Labute approximate surface area is 107 Å². The van der Waals surface area contributed by atoms with E-state index in [0.29, 0.717) is 0 Å². The van der Waals surface area contributed by atoms with Crippen molar-refractivity contribution in [3.05, 3.63) is 17.6 Å². The number of anilines is 1. The molecule has 4 nitrogen and oxygen atoms in total. The summed E-state index contributed by atoms with van der Waals surface area (Å²) in [4.78, 5) is 8.72. The molecule has 0 fully saturated rings. The molecule has 17 heavy (non-hydrogen) atoms. The predicted octanol–water partition coefficient (Wildman–Crippen LogP) is 1.87. The van der Waals surface area contributed by atoms with Gasteiger partial charge in [0.1, 0.15) is 11.6 Å². The van der Waals surface area contributed by atoms with Crippen LogP contribution in [0, 0.1) is 6.92 Å². The molecule has 0 aliphatic carbocycles. The zero-order valence-corrected chi connectivity index (χ0v) is 11.5. The zero-order valence-electron chi connectivity index (χ0n) is 10.7. The largest absolute Gasteiger partial charge is 0.396 e. The molecule has 0 saturated heterocycles. The molecule has 0 spiro atoms. The summed E-state index contributed by atoms with van der Waals surface area (Å²) in [5.41, 5.74) is 1.05. The Morgan fingerprint density at radius 3 is 2.82 bits per heavy atom. The van der Waals surface area contributed by atoms with Crippen LogP contribution in [0.1, 0.15) is 24.9 Å². The number of nitrogens with one attached hydrogen (secondary N) is 1. The molecular formula is C12H21N3OS. The number of aliphatic hydroxyl groups is 1. The van der Waals surface area contributed by atoms with E-state index in [1.54, 1.807) is 11.8 Å². The van der Waals surface area contributed by atoms with Crippen LogP contribution >= 0.6 is 11.8 Å². The monoisotopic (exact) mass is 255 g/mol. The second kappa shape index (κ2) is 7.50. The number of hydrogen-bond donors (Lipinski definition) is 2. The summed E-state index contributed by atoms with van der Waals surface area (Å²) in [5.74, 6) is 2.62. The molecule has 1 rings (SSSR count). The molecule has 0 saturated carbocycles. The Kier molecular flexibility index (Phi) is 6.29. The summed E-state index contributed by atoms with van der Waals surface area (Å²) in [5, 5.41) is 12.4. The van der Waals surface area contributed by atoms with Gasteiger partial charge in [-0.2, -0.15) is 11.8 Å². The van der Waals surface area contributed by atoms with E-state index in [2.05, 4.69) is 28.5 Å². The Balaban J connectivity index is 2.73. The highest BCUT2D eigenvalue weighted by atomic mass is 32.2. The minimum atomic E-state index is 0.197. The zero-order chi connectivity index (χ0) is 12.7. The van der Waals surface area contributed by atoms with Crippen LogP contribution in [0.2, 0.25) is 0 Å². The third-order valence-electron chi connectivity index (χ3n) is 2.45. The van der Waals surface area contributed by atoms with Gasteiger partial charge in [0.05, 0.1) is 0 Å². The number of aromatic nitrogens is 2. The number of nitrogens with zero attached hydrogens (tertiary/aromatic N) is 2. The van der Waals surface area contributed by atoms with Gasteiger partial charge in [0.25, 0.3) is 0 Å². The topological polar surface area (TPSA) is 58.0 Å². The minimum Gasteiger partial charge on any atom is -0.396 e. The van der Waals surface area contributed by atoms with Crippen molar-refractivity contribution in [1.82, 2.24) is 9.97 Å². The van der Waals surface area contributed by atoms with E-state index in [-0.39, 0.29) is 12.6 Å². The Morgan fingerprint density at radius 2 is 2.24 bits per heavy atom. The van der Waals surface area contributed by atoms with Crippen LogP contribution in [0.4, 0.5) is 5.82 Å². The van der Waals surface area contributed by atoms with Crippen molar-refractivity contribution < 1.29 is 5.11 Å². The van der Waals surface area contributed by atoms with Crippen LogP contribution in [-0.4, -0.2) is 39.7 Å². The summed E-state index contributed by atoms with van der Waals surface area (Å²) < 4.78 is 0. The van der Waals surface area contributed by atoms with Crippen LogP contribution in [0.3, 0.4) is 0 Å². The van der Waals surface area contributed by atoms with E-state index in [1.165, 1.54) is 0 Å². The van der Waals surface area contributed by atoms with Crippen LogP contribution in [-0.2, 0) is 6.42 Å². The first-order valence-corrected chi connectivity index (χ1v) is 7.29. The van der Waals surface area contributed by atoms with Gasteiger partial charge in [0.15, 0.2) is 0 Å². The number of aryl methyl sites for hydroxylation is 2. The van der Waals surface area contributed by atoms with Gasteiger partial charge in [0.2, 0.25) is 0 Å². The summed E-state index contributed by atoms with van der Waals surface area (Å²) in [6.45, 7) is 4.18. The van der Waals surface area contributed by atoms with Crippen molar-refractivity contribution >= 4 is 17.6 Å². The highest BCUT2D eigenvalue weighted by Crippen LogP contribution is 2.12. The Morgan fingerprint density at radius 1 is 1.47 bits per heavy atom. The molecule has 5 heteroatoms. The average Bonchev–Trinajstić information content (AvgIpc) is 2.29. The standard InChI is InChI=1S/C12H21N3OS/c1-4-10-7-12(14-9(2)13-10)15-11(5-6-16)8-17-3/h7,11,16H,4-6,8H2,1-3H3,(H,13,14,15). The van der Waals surface area contributed by atoms with E-state index >= 15 is 0 Å². The molecule has 0 aliphatic rings. The second-order valence-corrected chi connectivity index (χ2v) is 4.86. The van der Waals surface area contributed by atoms with E-state index in [0.717, 1.165) is 35.9 Å². The molecule has 2 N–H and O–H groups in total. The van der Waals surface area contributed by atoms with Crippen LogP contribution < -0.4 is 5.32 Å². The molecule has 96 valence electrons. The molecule has 1 atom stereocenters. The van der Waals surface area contributed by atoms with Gasteiger partial charge in [-0.1, -0.05) is 6.92 Å². The van der Waals surface area contributed by atoms with Gasteiger partial charge in [-0.3, -0.25) is 0 Å². The summed E-state index contributed by atoms with van der Waals surface area (Å²) in [7, 11) is 0. The fraction of sp³-hybridized carbons (Fsp3) is 0.667. The van der Waals surface area contributed by atoms with Crippen molar-refractivity contribution in [2.45, 2.75) is 32.7 Å². The molecule has 0 aliphatic heterocycles. The minimum absolute atomic E-state index is 0.197. The van der Waals surface area contributed by atoms with Crippen LogP contribution in [0.25, 0.3) is 0 Å². The summed E-state index contributed by atoms with van der Waals surface area (Å²) in [6, 6.07) is 2.24. The van der Waals surface area contributed by atoms with E-state index in [4.69, 9.17) is 5.11 Å². The molecule has 0 aromatic carbocycles. The fourth-order valence-electron chi connectivity index (χ4n) is 1.65. The lowest BCUT2D eigenvalue weighted by Crippen LogP contribution is -2.24. The van der Waals surface area contributed by atoms with E-state index < -0.39 is 0 Å². The normalized spacial score (nSPS) is 12.5. The number of thioether (sulfide) groups is 1. The first-order valence-electron chi connectivity index (χ1n) is 5.90. The predicted molar refractivity (Wildman–Crippen MR) is 73.6 cm³/mol. The van der Waals surface area contributed by atoms with Crippen LogP contribution in [0.15, 0.2) is 6.07 Å². The number of rotatable bonds is 7. The molecule has 1 heterocycles. The summed E-state index contributed by atoms with van der Waals surface area (Å²) >= 11 is 1.77. The lowest BCUT2D eigenvalue weighted by molar-refractivity contribution is 0.282. The molecule has 1 aromatic rings.